The van der Waals surface area contributed by atoms with E-state index in [1.807, 2.05) is 26.1 Å². The van der Waals surface area contributed by atoms with Gasteiger partial charge in [0.05, 0.1) is 12.3 Å². The van der Waals surface area contributed by atoms with Crippen molar-refractivity contribution in [2.24, 2.45) is 12.8 Å². The molecule has 4 atom stereocenters. The summed E-state index contributed by atoms with van der Waals surface area (Å²) < 4.78 is 52.8. The summed E-state index contributed by atoms with van der Waals surface area (Å²) in [6, 6.07) is 9.46. The van der Waals surface area contributed by atoms with Gasteiger partial charge in [0, 0.05) is 25.9 Å². The number of benzene rings is 1. The molecule has 0 aliphatic carbocycles. The fraction of sp³-hybridized carbons (Fsp3) is 0.600. The van der Waals surface area contributed by atoms with Gasteiger partial charge < -0.3 is 19.3 Å². The highest BCUT2D eigenvalue weighted by Gasteiger charge is 2.70. The van der Waals surface area contributed by atoms with Crippen LogP contribution in [0.25, 0.3) is 4.91 Å². The molecule has 244 valence electrons. The molecule has 11 nitrogen and oxygen atoms in total. The molecule has 1 saturated heterocycles. The molecular formula is C30H48N4O7SSi2. The van der Waals surface area contributed by atoms with Crippen molar-refractivity contribution in [3.05, 3.63) is 74.2 Å². The number of hydrogen-bond acceptors (Lipinski definition) is 8. The first-order chi connectivity index (χ1) is 20.1. The maximum atomic E-state index is 14.4. The zero-order valence-corrected chi connectivity index (χ0v) is 30.6. The summed E-state index contributed by atoms with van der Waals surface area (Å²) in [7, 11) is -6.10. The quantitative estimate of drug-likeness (QED) is 0.422. The number of aromatic nitrogens is 2. The molecule has 1 aromatic heterocycles. The van der Waals surface area contributed by atoms with Crippen LogP contribution in [0.4, 0.5) is 0 Å². The molecule has 1 aromatic carbocycles. The van der Waals surface area contributed by atoms with Crippen LogP contribution in [0.3, 0.4) is 0 Å². The molecule has 14 heteroatoms. The molecule has 0 saturated carbocycles. The van der Waals surface area contributed by atoms with Gasteiger partial charge in [0.25, 0.3) is 5.56 Å². The Bertz CT molecular complexity index is 1680. The minimum Gasteiger partial charge on any atom is -0.414 e. The van der Waals surface area contributed by atoms with Gasteiger partial charge >= 0.3 is 5.69 Å². The molecule has 0 unspecified atom stereocenters. The minimum absolute atomic E-state index is 0.0170. The van der Waals surface area contributed by atoms with E-state index in [2.05, 4.69) is 33.9 Å². The number of sulfonamides is 1. The first kappa shape index (κ1) is 34.5. The lowest BCUT2D eigenvalue weighted by molar-refractivity contribution is -0.0507. The van der Waals surface area contributed by atoms with E-state index in [4.69, 9.17) is 19.3 Å². The lowest BCUT2D eigenvalue weighted by Crippen LogP contribution is -2.64. The maximum Gasteiger partial charge on any atom is 0.332 e. The van der Waals surface area contributed by atoms with E-state index in [1.54, 1.807) is 31.2 Å². The fourth-order valence-corrected chi connectivity index (χ4v) is 9.67. The van der Waals surface area contributed by atoms with Gasteiger partial charge in [0.2, 0.25) is 10.0 Å². The summed E-state index contributed by atoms with van der Waals surface area (Å²) >= 11 is 0. The molecule has 1 fully saturated rings. The predicted molar refractivity (Wildman–Crippen MR) is 178 cm³/mol. The molecule has 1 spiro atoms. The molecule has 3 heterocycles. The number of likely N-dealkylation sites (N-methyl/N-ethyl adjacent to an activating group) is 1. The van der Waals surface area contributed by atoms with Crippen LogP contribution in [0.15, 0.2) is 51.8 Å². The van der Waals surface area contributed by atoms with E-state index in [9.17, 15) is 18.0 Å². The number of nitrogens with two attached hydrogens (primary N) is 1. The van der Waals surface area contributed by atoms with Crippen LogP contribution in [0.5, 0.6) is 0 Å². The largest absolute Gasteiger partial charge is 0.414 e. The highest BCUT2D eigenvalue weighted by Crippen LogP contribution is 2.55. The van der Waals surface area contributed by atoms with Gasteiger partial charge in [-0.3, -0.25) is 13.9 Å². The molecule has 2 aromatic rings. The molecule has 2 aliphatic heterocycles. The minimum atomic E-state index is -4.15. The normalized spacial score (nSPS) is 26.2. The van der Waals surface area contributed by atoms with Gasteiger partial charge in [0.15, 0.2) is 22.9 Å². The van der Waals surface area contributed by atoms with Crippen molar-refractivity contribution in [2.75, 3.05) is 13.7 Å². The van der Waals surface area contributed by atoms with Crippen LogP contribution in [0.1, 0.15) is 45.0 Å². The van der Waals surface area contributed by atoms with E-state index >= 15 is 0 Å². The van der Waals surface area contributed by atoms with Crippen LogP contribution in [0.2, 0.25) is 37.3 Å². The zero-order chi connectivity index (χ0) is 33.2. The van der Waals surface area contributed by atoms with Gasteiger partial charge in [-0.2, -0.15) is 4.31 Å². The number of nitrogens with zero attached hydrogens (tertiary/aromatic N) is 3. The van der Waals surface area contributed by atoms with Crippen LogP contribution in [0, 0.1) is 6.92 Å². The summed E-state index contributed by atoms with van der Waals surface area (Å²) in [5, 5.41) is -0.138. The molecule has 0 radical (unpaired) electrons. The summed E-state index contributed by atoms with van der Waals surface area (Å²) in [6.45, 7) is 18.3. The smallest absolute Gasteiger partial charge is 0.332 e. The second kappa shape index (κ2) is 11.5. The second-order valence-corrected chi connectivity index (χ2v) is 25.2. The van der Waals surface area contributed by atoms with E-state index in [0.29, 0.717) is 17.2 Å². The van der Waals surface area contributed by atoms with E-state index < -0.39 is 61.9 Å². The van der Waals surface area contributed by atoms with Crippen molar-refractivity contribution < 1.29 is 22.0 Å². The van der Waals surface area contributed by atoms with Gasteiger partial charge in [-0.1, -0.05) is 58.0 Å². The van der Waals surface area contributed by atoms with Crippen molar-refractivity contribution >= 4 is 31.6 Å². The van der Waals surface area contributed by atoms with Crippen molar-refractivity contribution in [1.29, 1.82) is 0 Å². The monoisotopic (exact) mass is 664 g/mol. The lowest BCUT2D eigenvalue weighted by Gasteiger charge is -2.44. The Labute approximate surface area is 262 Å². The Balaban J connectivity index is 2.07. The highest BCUT2D eigenvalue weighted by molar-refractivity contribution is 7.98. The Hall–Kier alpha value is -2.34. The summed E-state index contributed by atoms with van der Waals surface area (Å²) in [4.78, 5) is 26.3. The Morgan fingerprint density at radius 2 is 1.66 bits per heavy atom. The molecular weight excluding hydrogens is 617 g/mol. The third kappa shape index (κ3) is 5.41. The summed E-state index contributed by atoms with van der Waals surface area (Å²) in [6.07, 6.45) is -1.63. The summed E-state index contributed by atoms with van der Waals surface area (Å²) in [5.74, 6) is 0. The van der Waals surface area contributed by atoms with Crippen molar-refractivity contribution in [1.82, 2.24) is 13.4 Å². The van der Waals surface area contributed by atoms with Gasteiger partial charge in [-0.15, -0.1) is 0 Å². The molecule has 2 N–H and O–H groups in total. The van der Waals surface area contributed by atoms with Crippen molar-refractivity contribution in [2.45, 2.75) is 95.9 Å². The Morgan fingerprint density at radius 1 is 1.07 bits per heavy atom. The van der Waals surface area contributed by atoms with Crippen LogP contribution in [-0.4, -0.2) is 69.9 Å². The molecule has 2 aliphatic rings. The molecule has 0 bridgehead atoms. The van der Waals surface area contributed by atoms with Gasteiger partial charge in [0.1, 0.15) is 22.7 Å². The third-order valence-electron chi connectivity index (χ3n) is 9.79. The van der Waals surface area contributed by atoms with Gasteiger partial charge in [-0.05, 0) is 49.8 Å². The number of aryl methyl sites for hydroxylation is 1. The van der Waals surface area contributed by atoms with Crippen molar-refractivity contribution in [3.63, 3.8) is 0 Å². The number of ether oxygens (including phenoxy) is 1. The molecule has 4 rings (SSSR count). The first-order valence-electron chi connectivity index (χ1n) is 15.0. The van der Waals surface area contributed by atoms with Crippen molar-refractivity contribution in [3.8, 4) is 0 Å². The van der Waals surface area contributed by atoms with Crippen LogP contribution < -0.4 is 17.0 Å². The Morgan fingerprint density at radius 3 is 2.20 bits per heavy atom. The SMILES string of the molecule is CC[Si](C)(C)O[C@H]1[C@H](n2cc(C)c(=O)n(C)c2=O)O[C@@H](CO[Si](C)(C)C(C)(C)C)[C@]12C(N)=C(c1ccccc1)S(=O)(=O)N2C. The third-order valence-corrected chi connectivity index (χ3v) is 18.9. The first-order valence-corrected chi connectivity index (χ1v) is 22.4. The predicted octanol–water partition coefficient (Wildman–Crippen LogP) is 3.73. The zero-order valence-electron chi connectivity index (χ0n) is 27.8. The van der Waals surface area contributed by atoms with Gasteiger partial charge in [-0.25, -0.2) is 13.2 Å². The molecule has 44 heavy (non-hydrogen) atoms. The van der Waals surface area contributed by atoms with E-state index in [1.165, 1.54) is 29.2 Å². The van der Waals surface area contributed by atoms with E-state index in [-0.39, 0.29) is 22.2 Å². The maximum absolute atomic E-state index is 14.4. The number of hydrogen-bond donors (Lipinski definition) is 1. The lowest BCUT2D eigenvalue weighted by atomic mass is 9.84. The number of rotatable bonds is 8. The average Bonchev–Trinajstić information content (AvgIpc) is 3.32. The van der Waals surface area contributed by atoms with Crippen LogP contribution >= 0.6 is 0 Å². The Kier molecular flexibility index (Phi) is 9.01. The topological polar surface area (TPSA) is 135 Å². The van der Waals surface area contributed by atoms with Crippen LogP contribution in [-0.2, 0) is 30.7 Å². The molecule has 0 amide bonds. The van der Waals surface area contributed by atoms with E-state index in [0.717, 1.165) is 4.57 Å². The fourth-order valence-electron chi connectivity index (χ4n) is 5.65. The second-order valence-electron chi connectivity index (χ2n) is 14.0. The highest BCUT2D eigenvalue weighted by atomic mass is 32.2. The standard InChI is InChI=1S/C30H48N4O7SSi2/c1-12-43(8,9)41-25-27(34-18-20(2)26(35)32(6)28(34)36)40-22(19-39-44(10,11)29(3,4)5)30(25)24(31)23(42(37,38)33(30)7)21-16-14-13-15-17-21/h13-18,22,25,27H,12,19,31H2,1-11H3/t22-,25-,27+,30-/m0/s1. The summed E-state index contributed by atoms with van der Waals surface area (Å²) in [5.41, 5.74) is 5.34. The average molecular weight is 665 g/mol.